The van der Waals surface area contributed by atoms with Gasteiger partial charge in [-0.15, -0.1) is 0 Å². The number of nitrogens with two attached hydrogens (primary N) is 1. The number of aryl methyl sites for hydroxylation is 2. The van der Waals surface area contributed by atoms with Gasteiger partial charge in [-0.05, 0) is 43.5 Å². The van der Waals surface area contributed by atoms with Crippen LogP contribution in [0.3, 0.4) is 0 Å². The Hall–Kier alpha value is -0.900. The highest BCUT2D eigenvalue weighted by molar-refractivity contribution is 5.31. The zero-order valence-electron chi connectivity index (χ0n) is 10.2. The molecule has 3 nitrogen and oxygen atoms in total. The topological polar surface area (TPSA) is 58.3 Å². The Morgan fingerprint density at radius 1 is 1.31 bits per heavy atom. The van der Waals surface area contributed by atoms with Gasteiger partial charge in [-0.3, -0.25) is 0 Å². The van der Waals surface area contributed by atoms with Crippen molar-refractivity contribution < 1.29 is 5.11 Å². The molecule has 0 amide bonds. The van der Waals surface area contributed by atoms with Gasteiger partial charge in [-0.2, -0.15) is 0 Å². The molecular weight excluding hydrogens is 200 g/mol. The Morgan fingerprint density at radius 2 is 2.06 bits per heavy atom. The number of aliphatic hydroxyl groups excluding tert-OH is 1. The average Bonchev–Trinajstić information content (AvgIpc) is 2.29. The number of nitrogens with one attached hydrogen (secondary N) is 1. The summed E-state index contributed by atoms with van der Waals surface area (Å²) in [7, 11) is 0. The lowest BCUT2D eigenvalue weighted by Crippen LogP contribution is -2.29. The molecule has 1 atom stereocenters. The van der Waals surface area contributed by atoms with E-state index in [0.717, 1.165) is 13.0 Å². The summed E-state index contributed by atoms with van der Waals surface area (Å²) in [6.07, 6.45) is 0.765. The maximum absolute atomic E-state index is 8.73. The minimum Gasteiger partial charge on any atom is -0.396 e. The van der Waals surface area contributed by atoms with Crippen molar-refractivity contribution in [2.45, 2.75) is 26.3 Å². The maximum atomic E-state index is 8.73. The van der Waals surface area contributed by atoms with E-state index in [1.165, 1.54) is 16.7 Å². The third-order valence-corrected chi connectivity index (χ3v) is 2.89. The molecule has 90 valence electrons. The van der Waals surface area contributed by atoms with Crippen molar-refractivity contribution in [3.63, 3.8) is 0 Å². The first-order valence-corrected chi connectivity index (χ1v) is 5.80. The van der Waals surface area contributed by atoms with Crippen molar-refractivity contribution in [2.24, 2.45) is 5.73 Å². The van der Waals surface area contributed by atoms with Gasteiger partial charge in [-0.1, -0.05) is 18.2 Å². The Morgan fingerprint density at radius 3 is 2.62 bits per heavy atom. The predicted octanol–water partition coefficient (Wildman–Crippen LogP) is 1.28. The molecule has 0 saturated heterocycles. The standard InChI is InChI=1S/C13H22N2O/c1-10-4-5-12(8-11(10)2)13(9-14)15-6-3-7-16/h4-5,8,13,15-16H,3,6-7,9,14H2,1-2H3. The van der Waals surface area contributed by atoms with Crippen LogP contribution in [0, 0.1) is 13.8 Å². The molecule has 0 radical (unpaired) electrons. The third-order valence-electron chi connectivity index (χ3n) is 2.89. The van der Waals surface area contributed by atoms with Crippen molar-refractivity contribution in [3.8, 4) is 0 Å². The second-order valence-corrected chi connectivity index (χ2v) is 4.16. The van der Waals surface area contributed by atoms with E-state index in [2.05, 4.69) is 37.4 Å². The summed E-state index contributed by atoms with van der Waals surface area (Å²) < 4.78 is 0. The van der Waals surface area contributed by atoms with Gasteiger partial charge in [0.05, 0.1) is 0 Å². The van der Waals surface area contributed by atoms with Gasteiger partial charge in [0, 0.05) is 19.2 Å². The van der Waals surface area contributed by atoms with Crippen molar-refractivity contribution in [3.05, 3.63) is 34.9 Å². The number of hydrogen-bond acceptors (Lipinski definition) is 3. The van der Waals surface area contributed by atoms with E-state index in [1.807, 2.05) is 0 Å². The monoisotopic (exact) mass is 222 g/mol. The number of rotatable bonds is 6. The van der Waals surface area contributed by atoms with Gasteiger partial charge in [0.15, 0.2) is 0 Å². The normalized spacial score (nSPS) is 12.8. The molecule has 0 aromatic heterocycles. The molecule has 0 heterocycles. The Labute approximate surface area is 97.7 Å². The first kappa shape index (κ1) is 13.2. The Bertz CT molecular complexity index is 326. The fraction of sp³-hybridized carbons (Fsp3) is 0.538. The highest BCUT2D eigenvalue weighted by atomic mass is 16.3. The quantitative estimate of drug-likeness (QED) is 0.635. The SMILES string of the molecule is Cc1ccc(C(CN)NCCCO)cc1C. The minimum absolute atomic E-state index is 0.186. The van der Waals surface area contributed by atoms with Gasteiger partial charge in [0.25, 0.3) is 0 Å². The lowest BCUT2D eigenvalue weighted by molar-refractivity contribution is 0.283. The molecular formula is C13H22N2O. The van der Waals surface area contributed by atoms with E-state index in [1.54, 1.807) is 0 Å². The van der Waals surface area contributed by atoms with Crippen LogP contribution in [0.25, 0.3) is 0 Å². The van der Waals surface area contributed by atoms with E-state index in [-0.39, 0.29) is 12.6 Å². The summed E-state index contributed by atoms with van der Waals surface area (Å²) in [5.74, 6) is 0. The number of benzene rings is 1. The molecule has 0 spiro atoms. The van der Waals surface area contributed by atoms with Crippen molar-refractivity contribution >= 4 is 0 Å². The van der Waals surface area contributed by atoms with E-state index in [4.69, 9.17) is 10.8 Å². The minimum atomic E-state index is 0.186. The van der Waals surface area contributed by atoms with Crippen LogP contribution in [-0.2, 0) is 0 Å². The molecule has 3 heteroatoms. The van der Waals surface area contributed by atoms with Crippen LogP contribution in [0.4, 0.5) is 0 Å². The summed E-state index contributed by atoms with van der Waals surface area (Å²) in [5, 5.41) is 12.1. The van der Waals surface area contributed by atoms with E-state index in [9.17, 15) is 0 Å². The molecule has 0 aliphatic carbocycles. The lowest BCUT2D eigenvalue weighted by atomic mass is 10.0. The van der Waals surface area contributed by atoms with Crippen LogP contribution < -0.4 is 11.1 Å². The lowest BCUT2D eigenvalue weighted by Gasteiger charge is -2.18. The molecule has 4 N–H and O–H groups in total. The fourth-order valence-electron chi connectivity index (χ4n) is 1.67. The van der Waals surface area contributed by atoms with E-state index >= 15 is 0 Å². The Balaban J connectivity index is 2.67. The van der Waals surface area contributed by atoms with E-state index < -0.39 is 0 Å². The van der Waals surface area contributed by atoms with Crippen LogP contribution in [0.15, 0.2) is 18.2 Å². The first-order valence-electron chi connectivity index (χ1n) is 5.80. The zero-order chi connectivity index (χ0) is 12.0. The highest BCUT2D eigenvalue weighted by Crippen LogP contribution is 2.16. The molecule has 1 rings (SSSR count). The smallest absolute Gasteiger partial charge is 0.0444 e. The first-order chi connectivity index (χ1) is 7.69. The highest BCUT2D eigenvalue weighted by Gasteiger charge is 2.08. The largest absolute Gasteiger partial charge is 0.396 e. The second-order valence-electron chi connectivity index (χ2n) is 4.16. The predicted molar refractivity (Wildman–Crippen MR) is 67.4 cm³/mol. The number of hydrogen-bond donors (Lipinski definition) is 3. The van der Waals surface area contributed by atoms with Crippen molar-refractivity contribution in [1.29, 1.82) is 0 Å². The van der Waals surface area contributed by atoms with E-state index in [0.29, 0.717) is 6.54 Å². The summed E-state index contributed by atoms with van der Waals surface area (Å²) in [6, 6.07) is 6.61. The Kier molecular flexibility index (Phi) is 5.46. The molecule has 0 aliphatic rings. The summed E-state index contributed by atoms with van der Waals surface area (Å²) in [4.78, 5) is 0. The zero-order valence-corrected chi connectivity index (χ0v) is 10.2. The van der Waals surface area contributed by atoms with Crippen LogP contribution >= 0.6 is 0 Å². The molecule has 0 fully saturated rings. The number of aliphatic hydroxyl groups is 1. The van der Waals surface area contributed by atoms with Gasteiger partial charge in [-0.25, -0.2) is 0 Å². The fourth-order valence-corrected chi connectivity index (χ4v) is 1.67. The van der Waals surface area contributed by atoms with Gasteiger partial charge in [0.2, 0.25) is 0 Å². The maximum Gasteiger partial charge on any atom is 0.0444 e. The van der Waals surface area contributed by atoms with Crippen LogP contribution in [-0.4, -0.2) is 24.8 Å². The van der Waals surface area contributed by atoms with Crippen LogP contribution in [0.5, 0.6) is 0 Å². The van der Waals surface area contributed by atoms with Crippen LogP contribution in [0.1, 0.15) is 29.2 Å². The van der Waals surface area contributed by atoms with Crippen molar-refractivity contribution in [2.75, 3.05) is 19.7 Å². The van der Waals surface area contributed by atoms with Gasteiger partial charge in [0.1, 0.15) is 0 Å². The van der Waals surface area contributed by atoms with Gasteiger partial charge < -0.3 is 16.2 Å². The molecule has 16 heavy (non-hydrogen) atoms. The van der Waals surface area contributed by atoms with Crippen LogP contribution in [0.2, 0.25) is 0 Å². The summed E-state index contributed by atoms with van der Waals surface area (Å²) in [6.45, 7) is 5.81. The molecule has 1 aromatic carbocycles. The summed E-state index contributed by atoms with van der Waals surface area (Å²) in [5.41, 5.74) is 9.57. The molecule has 0 aliphatic heterocycles. The van der Waals surface area contributed by atoms with Gasteiger partial charge >= 0.3 is 0 Å². The third kappa shape index (κ3) is 3.59. The molecule has 1 unspecified atom stereocenters. The molecule has 0 saturated carbocycles. The average molecular weight is 222 g/mol. The summed E-state index contributed by atoms with van der Waals surface area (Å²) >= 11 is 0. The molecule has 1 aromatic rings. The molecule has 0 bridgehead atoms. The van der Waals surface area contributed by atoms with Crippen molar-refractivity contribution in [1.82, 2.24) is 5.32 Å². The second kappa shape index (κ2) is 6.63.